The first-order chi connectivity index (χ1) is 7.25. The molecule has 2 rings (SSSR count). The van der Waals surface area contributed by atoms with Crippen molar-refractivity contribution in [2.45, 2.75) is 6.04 Å². The largest absolute Gasteiger partial charge is 0.463 e. The van der Waals surface area contributed by atoms with Gasteiger partial charge >= 0.3 is 0 Å². The highest BCUT2D eigenvalue weighted by Gasteiger charge is 2.18. The maximum Gasteiger partial charge on any atom is 0.282 e. The Morgan fingerprint density at radius 1 is 1.47 bits per heavy atom. The van der Waals surface area contributed by atoms with Crippen molar-refractivity contribution < 1.29 is 4.74 Å². The molecule has 0 radical (unpaired) electrons. The highest BCUT2D eigenvalue weighted by molar-refractivity contribution is 5.73. The van der Waals surface area contributed by atoms with Crippen LogP contribution in [0.15, 0.2) is 35.3 Å². The Morgan fingerprint density at radius 3 is 2.80 bits per heavy atom. The third kappa shape index (κ3) is 2.40. The number of amidine groups is 1. The number of hydrogen-bond donors (Lipinski definition) is 1. The first-order valence-electron chi connectivity index (χ1n) is 4.98. The number of nitrogens with two attached hydrogens (primary N) is 1. The lowest BCUT2D eigenvalue weighted by atomic mass is 10.2. The van der Waals surface area contributed by atoms with E-state index < -0.39 is 0 Å². The fourth-order valence-corrected chi connectivity index (χ4v) is 1.63. The van der Waals surface area contributed by atoms with Gasteiger partial charge in [-0.05, 0) is 12.1 Å². The van der Waals surface area contributed by atoms with E-state index in [1.807, 2.05) is 25.2 Å². The summed E-state index contributed by atoms with van der Waals surface area (Å²) >= 11 is 0. The minimum atomic E-state index is 0.148. The summed E-state index contributed by atoms with van der Waals surface area (Å²) in [5.41, 5.74) is 6.63. The molecule has 1 aromatic rings. The van der Waals surface area contributed by atoms with Crippen molar-refractivity contribution in [2.24, 2.45) is 10.7 Å². The van der Waals surface area contributed by atoms with Crippen molar-refractivity contribution in [1.29, 1.82) is 0 Å². The number of hydrogen-bond acceptors (Lipinski definition) is 4. The van der Waals surface area contributed by atoms with Crippen LogP contribution in [0.2, 0.25) is 0 Å². The minimum absolute atomic E-state index is 0.148. The van der Waals surface area contributed by atoms with Gasteiger partial charge in [0.15, 0.2) is 0 Å². The topological polar surface area (TPSA) is 50.9 Å². The van der Waals surface area contributed by atoms with E-state index in [0.29, 0.717) is 12.6 Å². The Balaban J connectivity index is 1.96. The molecule has 1 atom stereocenters. The number of anilines is 1. The lowest BCUT2D eigenvalue weighted by Crippen LogP contribution is -2.28. The molecule has 0 amide bonds. The number of benzene rings is 1. The molecule has 80 valence electrons. The summed E-state index contributed by atoms with van der Waals surface area (Å²) in [6, 6.07) is 10.7. The molecule has 1 aliphatic rings. The molecule has 1 heterocycles. The molecule has 0 bridgehead atoms. The van der Waals surface area contributed by atoms with Gasteiger partial charge in [0.25, 0.3) is 6.02 Å². The lowest BCUT2D eigenvalue weighted by Gasteiger charge is -2.20. The van der Waals surface area contributed by atoms with Crippen molar-refractivity contribution in [1.82, 2.24) is 0 Å². The zero-order chi connectivity index (χ0) is 10.7. The highest BCUT2D eigenvalue weighted by Crippen LogP contribution is 2.13. The Bertz CT molecular complexity index is 350. The van der Waals surface area contributed by atoms with Gasteiger partial charge < -0.3 is 15.4 Å². The maximum atomic E-state index is 5.45. The summed E-state index contributed by atoms with van der Waals surface area (Å²) in [7, 11) is 2.04. The molecule has 2 N–H and O–H groups in total. The molecule has 1 unspecified atom stereocenters. The predicted octanol–water partition coefficient (Wildman–Crippen LogP) is 0.836. The zero-order valence-corrected chi connectivity index (χ0v) is 8.76. The first-order valence-corrected chi connectivity index (χ1v) is 4.98. The van der Waals surface area contributed by atoms with E-state index in [0.717, 1.165) is 6.54 Å². The molecular weight excluding hydrogens is 190 g/mol. The van der Waals surface area contributed by atoms with Gasteiger partial charge in [0.2, 0.25) is 0 Å². The SMILES string of the molecule is CN(CC1COC(N)=N1)c1ccccc1. The van der Waals surface area contributed by atoms with Crippen molar-refractivity contribution in [3.05, 3.63) is 30.3 Å². The molecule has 0 saturated heterocycles. The van der Waals surface area contributed by atoms with Gasteiger partial charge in [0.05, 0.1) is 0 Å². The summed E-state index contributed by atoms with van der Waals surface area (Å²) in [6.45, 7) is 1.41. The van der Waals surface area contributed by atoms with E-state index >= 15 is 0 Å². The Kier molecular flexibility index (Phi) is 2.76. The second-order valence-corrected chi connectivity index (χ2v) is 3.65. The third-order valence-corrected chi connectivity index (χ3v) is 2.41. The summed E-state index contributed by atoms with van der Waals surface area (Å²) in [6.07, 6.45) is 0. The molecular formula is C11H15N3O. The second kappa shape index (κ2) is 4.21. The van der Waals surface area contributed by atoms with Crippen LogP contribution in [0.25, 0.3) is 0 Å². The summed E-state index contributed by atoms with van der Waals surface area (Å²) in [5.74, 6) is 0. The van der Waals surface area contributed by atoms with Crippen LogP contribution in [0, 0.1) is 0 Å². The average molecular weight is 205 g/mol. The van der Waals surface area contributed by atoms with E-state index in [2.05, 4.69) is 22.0 Å². The van der Waals surface area contributed by atoms with E-state index in [9.17, 15) is 0 Å². The number of rotatable bonds is 3. The number of para-hydroxylation sites is 1. The fourth-order valence-electron chi connectivity index (χ4n) is 1.63. The van der Waals surface area contributed by atoms with Crippen molar-refractivity contribution in [3.8, 4) is 0 Å². The summed E-state index contributed by atoms with van der Waals surface area (Å²) < 4.78 is 5.10. The number of ether oxygens (including phenoxy) is 1. The molecule has 0 aromatic heterocycles. The molecule has 4 nitrogen and oxygen atoms in total. The van der Waals surface area contributed by atoms with Crippen LogP contribution < -0.4 is 10.6 Å². The molecule has 0 fully saturated rings. The van der Waals surface area contributed by atoms with Gasteiger partial charge in [-0.2, -0.15) is 0 Å². The van der Waals surface area contributed by atoms with E-state index in [-0.39, 0.29) is 6.04 Å². The minimum Gasteiger partial charge on any atom is -0.463 e. The number of aliphatic imine (C=N–C) groups is 1. The van der Waals surface area contributed by atoms with Crippen LogP contribution in [0.3, 0.4) is 0 Å². The van der Waals surface area contributed by atoms with Gasteiger partial charge in [-0.3, -0.25) is 0 Å². The fraction of sp³-hybridized carbons (Fsp3) is 0.364. The molecule has 0 aliphatic carbocycles. The standard InChI is InChI=1S/C11H15N3O/c1-14(10-5-3-2-4-6-10)7-9-8-15-11(12)13-9/h2-6,9H,7-8H2,1H3,(H2,12,13). The van der Waals surface area contributed by atoms with Crippen molar-refractivity contribution in [3.63, 3.8) is 0 Å². The Morgan fingerprint density at radius 2 is 2.20 bits per heavy atom. The van der Waals surface area contributed by atoms with E-state index in [1.54, 1.807) is 0 Å². The highest BCUT2D eigenvalue weighted by atomic mass is 16.5. The quantitative estimate of drug-likeness (QED) is 0.795. The van der Waals surface area contributed by atoms with Crippen LogP contribution in [-0.4, -0.2) is 32.3 Å². The maximum absolute atomic E-state index is 5.45. The molecule has 1 aliphatic heterocycles. The summed E-state index contributed by atoms with van der Waals surface area (Å²) in [5, 5.41) is 0. The van der Waals surface area contributed by atoms with E-state index in [1.165, 1.54) is 5.69 Å². The van der Waals surface area contributed by atoms with Crippen molar-refractivity contribution >= 4 is 11.7 Å². The van der Waals surface area contributed by atoms with Gasteiger partial charge in [-0.1, -0.05) is 18.2 Å². The molecule has 1 aromatic carbocycles. The number of nitrogens with zero attached hydrogens (tertiary/aromatic N) is 2. The first kappa shape index (κ1) is 9.83. The Labute approximate surface area is 89.4 Å². The monoisotopic (exact) mass is 205 g/mol. The summed E-state index contributed by atoms with van der Waals surface area (Å²) in [4.78, 5) is 6.33. The van der Waals surface area contributed by atoms with Crippen molar-refractivity contribution in [2.75, 3.05) is 25.1 Å². The zero-order valence-electron chi connectivity index (χ0n) is 8.76. The van der Waals surface area contributed by atoms with E-state index in [4.69, 9.17) is 10.5 Å². The smallest absolute Gasteiger partial charge is 0.282 e. The molecule has 15 heavy (non-hydrogen) atoms. The molecule has 0 saturated carbocycles. The Hall–Kier alpha value is -1.71. The average Bonchev–Trinajstić information content (AvgIpc) is 2.65. The van der Waals surface area contributed by atoms with Crippen LogP contribution in [0.5, 0.6) is 0 Å². The van der Waals surface area contributed by atoms with Gasteiger partial charge in [0, 0.05) is 19.3 Å². The number of likely N-dealkylation sites (N-methyl/N-ethyl adjacent to an activating group) is 1. The van der Waals surface area contributed by atoms with Crippen LogP contribution >= 0.6 is 0 Å². The van der Waals surface area contributed by atoms with Crippen LogP contribution in [-0.2, 0) is 4.74 Å². The molecule has 4 heteroatoms. The predicted molar refractivity (Wildman–Crippen MR) is 61.1 cm³/mol. The van der Waals surface area contributed by atoms with Gasteiger partial charge in [0.1, 0.15) is 12.6 Å². The molecule has 0 spiro atoms. The van der Waals surface area contributed by atoms with Crippen LogP contribution in [0.4, 0.5) is 5.69 Å². The van der Waals surface area contributed by atoms with Gasteiger partial charge in [-0.15, -0.1) is 0 Å². The second-order valence-electron chi connectivity index (χ2n) is 3.65. The lowest BCUT2D eigenvalue weighted by molar-refractivity contribution is 0.314. The third-order valence-electron chi connectivity index (χ3n) is 2.41. The van der Waals surface area contributed by atoms with Crippen LogP contribution in [0.1, 0.15) is 0 Å². The normalized spacial score (nSPS) is 19.5. The van der Waals surface area contributed by atoms with Gasteiger partial charge in [-0.25, -0.2) is 4.99 Å².